The lowest BCUT2D eigenvalue weighted by Gasteiger charge is -2.17. The molecular formula is C16H18BrNO2. The molecular weight excluding hydrogens is 318 g/mol. The van der Waals surface area contributed by atoms with Gasteiger partial charge in [0.05, 0.1) is 20.3 Å². The molecule has 2 aromatic carbocycles. The van der Waals surface area contributed by atoms with Gasteiger partial charge < -0.3 is 15.2 Å². The van der Waals surface area contributed by atoms with Gasteiger partial charge in [-0.25, -0.2) is 0 Å². The molecule has 20 heavy (non-hydrogen) atoms. The summed E-state index contributed by atoms with van der Waals surface area (Å²) < 4.78 is 11.6. The van der Waals surface area contributed by atoms with Crippen molar-refractivity contribution in [2.24, 2.45) is 5.73 Å². The number of hydrogen-bond donors (Lipinski definition) is 1. The maximum atomic E-state index is 6.37. The van der Waals surface area contributed by atoms with Crippen molar-refractivity contribution in [2.75, 3.05) is 14.2 Å². The van der Waals surface area contributed by atoms with E-state index in [1.807, 2.05) is 24.3 Å². The molecule has 1 atom stereocenters. The topological polar surface area (TPSA) is 44.5 Å². The van der Waals surface area contributed by atoms with E-state index in [0.29, 0.717) is 0 Å². The van der Waals surface area contributed by atoms with E-state index in [1.165, 1.54) is 5.56 Å². The average molecular weight is 336 g/mol. The minimum absolute atomic E-state index is 0.242. The number of nitrogens with two attached hydrogens (primary N) is 1. The average Bonchev–Trinajstić information content (AvgIpc) is 2.46. The highest BCUT2D eigenvalue weighted by Crippen LogP contribution is 2.32. The van der Waals surface area contributed by atoms with Crippen molar-refractivity contribution in [3.8, 4) is 11.5 Å². The summed E-state index contributed by atoms with van der Waals surface area (Å²) in [4.78, 5) is 0. The lowest BCUT2D eigenvalue weighted by Crippen LogP contribution is -2.13. The van der Waals surface area contributed by atoms with Crippen LogP contribution in [-0.4, -0.2) is 14.2 Å². The van der Waals surface area contributed by atoms with Crippen molar-refractivity contribution in [3.05, 3.63) is 57.6 Å². The van der Waals surface area contributed by atoms with Crippen LogP contribution >= 0.6 is 15.9 Å². The van der Waals surface area contributed by atoms with Crippen molar-refractivity contribution in [1.82, 2.24) is 0 Å². The molecule has 0 saturated heterocycles. The van der Waals surface area contributed by atoms with Crippen LogP contribution in [0, 0.1) is 6.92 Å². The second-order valence-corrected chi connectivity index (χ2v) is 5.50. The number of hydrogen-bond acceptors (Lipinski definition) is 3. The van der Waals surface area contributed by atoms with E-state index in [1.54, 1.807) is 14.2 Å². The van der Waals surface area contributed by atoms with Crippen LogP contribution in [0.2, 0.25) is 0 Å². The van der Waals surface area contributed by atoms with E-state index in [0.717, 1.165) is 27.1 Å². The van der Waals surface area contributed by atoms with Gasteiger partial charge in [0.15, 0.2) is 0 Å². The van der Waals surface area contributed by atoms with Gasteiger partial charge in [-0.2, -0.15) is 0 Å². The highest BCUT2D eigenvalue weighted by atomic mass is 79.9. The van der Waals surface area contributed by atoms with Crippen LogP contribution in [0.4, 0.5) is 0 Å². The normalized spacial score (nSPS) is 12.1. The van der Waals surface area contributed by atoms with Crippen LogP contribution < -0.4 is 15.2 Å². The van der Waals surface area contributed by atoms with Gasteiger partial charge in [-0.15, -0.1) is 0 Å². The molecule has 4 heteroatoms. The zero-order chi connectivity index (χ0) is 14.7. The van der Waals surface area contributed by atoms with Crippen LogP contribution in [-0.2, 0) is 0 Å². The summed E-state index contributed by atoms with van der Waals surface area (Å²) in [6.45, 7) is 2.05. The van der Waals surface area contributed by atoms with Crippen LogP contribution in [0.25, 0.3) is 0 Å². The fourth-order valence-corrected chi connectivity index (χ4v) is 2.81. The largest absolute Gasteiger partial charge is 0.497 e. The molecule has 0 aromatic heterocycles. The number of halogens is 1. The fraction of sp³-hybridized carbons (Fsp3) is 0.250. The van der Waals surface area contributed by atoms with E-state index in [9.17, 15) is 0 Å². The summed E-state index contributed by atoms with van der Waals surface area (Å²) in [6.07, 6.45) is 0. The summed E-state index contributed by atoms with van der Waals surface area (Å²) in [5.41, 5.74) is 9.55. The van der Waals surface area contributed by atoms with E-state index in [4.69, 9.17) is 15.2 Å². The Labute approximate surface area is 127 Å². The van der Waals surface area contributed by atoms with Crippen LogP contribution in [0.1, 0.15) is 22.7 Å². The van der Waals surface area contributed by atoms with Gasteiger partial charge in [-0.3, -0.25) is 0 Å². The van der Waals surface area contributed by atoms with Gasteiger partial charge in [-0.1, -0.05) is 28.1 Å². The molecule has 0 heterocycles. The summed E-state index contributed by atoms with van der Waals surface area (Å²) in [5, 5.41) is 0. The number of rotatable bonds is 4. The molecule has 0 aliphatic rings. The van der Waals surface area contributed by atoms with Crippen LogP contribution in [0.15, 0.2) is 40.9 Å². The zero-order valence-corrected chi connectivity index (χ0v) is 13.4. The Balaban J connectivity index is 2.44. The van der Waals surface area contributed by atoms with Gasteiger partial charge in [0.1, 0.15) is 11.5 Å². The van der Waals surface area contributed by atoms with E-state index >= 15 is 0 Å². The summed E-state index contributed by atoms with van der Waals surface area (Å²) in [6, 6.07) is 11.6. The number of methoxy groups -OCH3 is 2. The Morgan fingerprint density at radius 2 is 1.60 bits per heavy atom. The van der Waals surface area contributed by atoms with Gasteiger partial charge in [0.25, 0.3) is 0 Å². The lowest BCUT2D eigenvalue weighted by molar-refractivity contribution is 0.393. The molecule has 1 unspecified atom stereocenters. The van der Waals surface area contributed by atoms with E-state index in [2.05, 4.69) is 35.0 Å². The Kier molecular flexibility index (Phi) is 4.68. The molecule has 0 spiro atoms. The highest BCUT2D eigenvalue weighted by molar-refractivity contribution is 9.10. The monoisotopic (exact) mass is 335 g/mol. The van der Waals surface area contributed by atoms with E-state index < -0.39 is 0 Å². The zero-order valence-electron chi connectivity index (χ0n) is 11.8. The third-order valence-corrected chi connectivity index (χ3v) is 3.91. The smallest absolute Gasteiger partial charge is 0.122 e. The predicted molar refractivity (Wildman–Crippen MR) is 84.5 cm³/mol. The second-order valence-electron chi connectivity index (χ2n) is 4.65. The molecule has 0 saturated carbocycles. The number of aryl methyl sites for hydroxylation is 1. The van der Waals surface area contributed by atoms with Crippen molar-refractivity contribution < 1.29 is 9.47 Å². The van der Waals surface area contributed by atoms with Crippen molar-refractivity contribution >= 4 is 15.9 Å². The molecule has 0 aliphatic heterocycles. The molecule has 0 bridgehead atoms. The quantitative estimate of drug-likeness (QED) is 0.923. The first kappa shape index (κ1) is 14.9. The van der Waals surface area contributed by atoms with Crippen LogP contribution in [0.5, 0.6) is 11.5 Å². The Hall–Kier alpha value is -1.52. The standard InChI is InChI=1S/C16H18BrNO2/c1-10-4-5-14(15(17)6-10)16(18)11-7-12(19-2)9-13(8-11)20-3/h4-9,16H,18H2,1-3H3. The van der Waals surface area contributed by atoms with Gasteiger partial charge >= 0.3 is 0 Å². The first-order valence-corrected chi connectivity index (χ1v) is 7.09. The molecule has 0 amide bonds. The molecule has 0 fully saturated rings. The van der Waals surface area contributed by atoms with Gasteiger partial charge in [0.2, 0.25) is 0 Å². The molecule has 106 valence electrons. The van der Waals surface area contributed by atoms with Crippen molar-refractivity contribution in [1.29, 1.82) is 0 Å². The highest BCUT2D eigenvalue weighted by Gasteiger charge is 2.14. The Morgan fingerprint density at radius 1 is 1.00 bits per heavy atom. The molecule has 0 aliphatic carbocycles. The summed E-state index contributed by atoms with van der Waals surface area (Å²) >= 11 is 3.57. The minimum atomic E-state index is -0.242. The van der Waals surface area contributed by atoms with Gasteiger partial charge in [0, 0.05) is 10.5 Å². The lowest BCUT2D eigenvalue weighted by atomic mass is 9.98. The van der Waals surface area contributed by atoms with E-state index in [-0.39, 0.29) is 6.04 Å². The first-order chi connectivity index (χ1) is 9.55. The third-order valence-electron chi connectivity index (χ3n) is 3.22. The maximum Gasteiger partial charge on any atom is 0.122 e. The minimum Gasteiger partial charge on any atom is -0.497 e. The van der Waals surface area contributed by atoms with Crippen LogP contribution in [0.3, 0.4) is 0 Å². The Bertz CT molecular complexity index is 591. The second kappa shape index (κ2) is 6.29. The molecule has 0 radical (unpaired) electrons. The number of benzene rings is 2. The van der Waals surface area contributed by atoms with Crippen molar-refractivity contribution in [3.63, 3.8) is 0 Å². The third kappa shape index (κ3) is 3.14. The summed E-state index contributed by atoms with van der Waals surface area (Å²) in [5.74, 6) is 1.47. The molecule has 2 rings (SSSR count). The van der Waals surface area contributed by atoms with Crippen molar-refractivity contribution in [2.45, 2.75) is 13.0 Å². The number of ether oxygens (including phenoxy) is 2. The molecule has 2 aromatic rings. The first-order valence-electron chi connectivity index (χ1n) is 6.29. The van der Waals surface area contributed by atoms with Gasteiger partial charge in [-0.05, 0) is 41.8 Å². The summed E-state index contributed by atoms with van der Waals surface area (Å²) in [7, 11) is 3.26. The predicted octanol–water partition coefficient (Wildman–Crippen LogP) is 3.82. The SMILES string of the molecule is COc1cc(OC)cc(C(N)c2ccc(C)cc2Br)c1. The molecule has 2 N–H and O–H groups in total. The molecule has 3 nitrogen and oxygen atoms in total. The maximum absolute atomic E-state index is 6.37. The fourth-order valence-electron chi connectivity index (χ4n) is 2.07. The Morgan fingerprint density at radius 3 is 2.10 bits per heavy atom.